The van der Waals surface area contributed by atoms with E-state index in [9.17, 15) is 0 Å². The number of nitrogens with zero attached hydrogens (tertiary/aromatic N) is 1. The first-order valence-corrected chi connectivity index (χ1v) is 8.84. The first-order chi connectivity index (χ1) is 11.7. The molecule has 0 radical (unpaired) electrons. The highest BCUT2D eigenvalue weighted by Crippen LogP contribution is 2.46. The van der Waals surface area contributed by atoms with Gasteiger partial charge >= 0.3 is 0 Å². The number of likely N-dealkylation sites (N-methyl/N-ethyl adjacent to an activating group) is 1. The van der Waals surface area contributed by atoms with E-state index < -0.39 is 0 Å². The molecule has 0 amide bonds. The lowest BCUT2D eigenvalue weighted by atomic mass is 9.85. The Kier molecular flexibility index (Phi) is 3.93. The fraction of sp³-hybridized carbons (Fsp3) is 0.364. The van der Waals surface area contributed by atoms with E-state index in [0.29, 0.717) is 12.1 Å². The Morgan fingerprint density at radius 2 is 1.58 bits per heavy atom. The third-order valence-electron chi connectivity index (χ3n) is 5.74. The van der Waals surface area contributed by atoms with Crippen molar-refractivity contribution in [1.82, 2.24) is 4.90 Å². The number of aryl methyl sites for hydroxylation is 1. The lowest BCUT2D eigenvalue weighted by Gasteiger charge is -2.36. The Bertz CT molecular complexity index is 758. The van der Waals surface area contributed by atoms with E-state index >= 15 is 0 Å². The summed E-state index contributed by atoms with van der Waals surface area (Å²) in [5.74, 6) is 0.921. The van der Waals surface area contributed by atoms with Crippen molar-refractivity contribution in [3.8, 4) is 5.75 Å². The monoisotopic (exact) mass is 319 g/mol. The van der Waals surface area contributed by atoms with Gasteiger partial charge in [0.25, 0.3) is 0 Å². The number of rotatable bonds is 3. The number of hydrogen-bond donors (Lipinski definition) is 0. The first kappa shape index (κ1) is 15.5. The van der Waals surface area contributed by atoms with Gasteiger partial charge in [-0.2, -0.15) is 0 Å². The third-order valence-corrected chi connectivity index (χ3v) is 5.74. The Morgan fingerprint density at radius 3 is 2.25 bits per heavy atom. The van der Waals surface area contributed by atoms with E-state index in [-0.39, 0.29) is 0 Å². The van der Waals surface area contributed by atoms with Crippen LogP contribution in [0.5, 0.6) is 5.75 Å². The van der Waals surface area contributed by atoms with Crippen LogP contribution in [0, 0.1) is 6.92 Å². The van der Waals surface area contributed by atoms with Gasteiger partial charge in [0.1, 0.15) is 5.75 Å². The van der Waals surface area contributed by atoms with Crippen LogP contribution in [0.3, 0.4) is 0 Å². The molecular weight excluding hydrogens is 294 g/mol. The summed E-state index contributed by atoms with van der Waals surface area (Å²) in [5.41, 5.74) is 7.09. The zero-order valence-electron chi connectivity index (χ0n) is 14.8. The third kappa shape index (κ3) is 2.55. The minimum Gasteiger partial charge on any atom is -0.497 e. The minimum atomic E-state index is 0.536. The van der Waals surface area contributed by atoms with Crippen molar-refractivity contribution < 1.29 is 4.74 Å². The molecule has 2 heteroatoms. The van der Waals surface area contributed by atoms with E-state index in [1.54, 1.807) is 7.11 Å². The second-order valence-corrected chi connectivity index (χ2v) is 7.10. The summed E-state index contributed by atoms with van der Waals surface area (Å²) in [6.07, 6.45) is 3.71. The van der Waals surface area contributed by atoms with Crippen LogP contribution < -0.4 is 4.74 Å². The average molecular weight is 319 g/mol. The molecule has 2 aliphatic rings. The van der Waals surface area contributed by atoms with Crippen LogP contribution in [0.4, 0.5) is 0 Å². The standard InChI is InChI=1S/C22H25NO/c1-15-4-6-16(7-5-15)20-14-18-10-13-21(23(18)2)22(20)17-8-11-19(24-3)12-9-17/h4-9,11-12,18,21H,10,13-14H2,1-3H3/t18-,21+/m0/s1. The van der Waals surface area contributed by atoms with Gasteiger partial charge in [0.2, 0.25) is 0 Å². The van der Waals surface area contributed by atoms with E-state index in [4.69, 9.17) is 4.74 Å². The zero-order valence-corrected chi connectivity index (χ0v) is 14.8. The van der Waals surface area contributed by atoms with Crippen LogP contribution in [0.15, 0.2) is 48.5 Å². The maximum Gasteiger partial charge on any atom is 0.118 e. The van der Waals surface area contributed by atoms with Crippen LogP contribution in [0.1, 0.15) is 36.0 Å². The molecule has 2 atom stereocenters. The highest BCUT2D eigenvalue weighted by atomic mass is 16.5. The molecule has 2 aromatic rings. The van der Waals surface area contributed by atoms with E-state index in [2.05, 4.69) is 67.4 Å². The number of fused-ring (bicyclic) bond motifs is 2. The second-order valence-electron chi connectivity index (χ2n) is 7.10. The summed E-state index contributed by atoms with van der Waals surface area (Å²) in [4.78, 5) is 2.58. The molecule has 0 saturated carbocycles. The summed E-state index contributed by atoms with van der Waals surface area (Å²) in [7, 11) is 4.01. The number of hydrogen-bond acceptors (Lipinski definition) is 2. The van der Waals surface area contributed by atoms with Gasteiger partial charge in [-0.05, 0) is 67.6 Å². The normalized spacial score (nSPS) is 23.6. The molecule has 2 bridgehead atoms. The molecule has 0 spiro atoms. The molecule has 2 nitrogen and oxygen atoms in total. The number of ether oxygens (including phenoxy) is 1. The SMILES string of the molecule is COc1ccc(C2=C(c3ccc(C)cc3)C[C@@H]3CC[C@H]2N3C)cc1. The van der Waals surface area contributed by atoms with E-state index in [1.807, 2.05) is 0 Å². The summed E-state index contributed by atoms with van der Waals surface area (Å²) >= 11 is 0. The van der Waals surface area contributed by atoms with Crippen LogP contribution in [0.2, 0.25) is 0 Å². The molecule has 124 valence electrons. The maximum absolute atomic E-state index is 5.34. The van der Waals surface area contributed by atoms with Crippen molar-refractivity contribution >= 4 is 11.1 Å². The van der Waals surface area contributed by atoms with Crippen molar-refractivity contribution in [2.24, 2.45) is 0 Å². The fourth-order valence-electron chi connectivity index (χ4n) is 4.32. The van der Waals surface area contributed by atoms with Crippen LogP contribution in [0.25, 0.3) is 11.1 Å². The van der Waals surface area contributed by atoms with Gasteiger partial charge < -0.3 is 4.74 Å². The summed E-state index contributed by atoms with van der Waals surface area (Å²) in [5, 5.41) is 0. The van der Waals surface area contributed by atoms with Gasteiger partial charge in [-0.15, -0.1) is 0 Å². The molecule has 1 fully saturated rings. The molecule has 24 heavy (non-hydrogen) atoms. The van der Waals surface area contributed by atoms with Crippen molar-refractivity contribution in [1.29, 1.82) is 0 Å². The fourth-order valence-corrected chi connectivity index (χ4v) is 4.32. The molecule has 0 N–H and O–H groups in total. The quantitative estimate of drug-likeness (QED) is 0.807. The van der Waals surface area contributed by atoms with Crippen LogP contribution in [-0.2, 0) is 0 Å². The van der Waals surface area contributed by atoms with Crippen molar-refractivity contribution in [2.45, 2.75) is 38.3 Å². The highest BCUT2D eigenvalue weighted by molar-refractivity contribution is 5.94. The Balaban J connectivity index is 1.85. The van der Waals surface area contributed by atoms with Crippen LogP contribution >= 0.6 is 0 Å². The maximum atomic E-state index is 5.34. The lowest BCUT2D eigenvalue weighted by molar-refractivity contribution is 0.271. The molecule has 2 aromatic carbocycles. The minimum absolute atomic E-state index is 0.536. The Labute approximate surface area is 144 Å². The predicted octanol–water partition coefficient (Wildman–Crippen LogP) is 4.78. The van der Waals surface area contributed by atoms with Crippen molar-refractivity contribution in [2.75, 3.05) is 14.2 Å². The second kappa shape index (κ2) is 6.10. The van der Waals surface area contributed by atoms with E-state index in [0.717, 1.165) is 12.2 Å². The van der Waals surface area contributed by atoms with Gasteiger partial charge in [-0.25, -0.2) is 0 Å². The predicted molar refractivity (Wildman–Crippen MR) is 100 cm³/mol. The molecule has 4 rings (SSSR count). The van der Waals surface area contributed by atoms with Crippen molar-refractivity contribution in [3.63, 3.8) is 0 Å². The topological polar surface area (TPSA) is 12.5 Å². The molecular formula is C22H25NO. The summed E-state index contributed by atoms with van der Waals surface area (Å²) in [6.45, 7) is 2.15. The smallest absolute Gasteiger partial charge is 0.118 e. The molecule has 2 heterocycles. The Morgan fingerprint density at radius 1 is 0.917 bits per heavy atom. The molecule has 0 unspecified atom stereocenters. The average Bonchev–Trinajstić information content (AvgIpc) is 2.85. The van der Waals surface area contributed by atoms with Crippen molar-refractivity contribution in [3.05, 3.63) is 65.2 Å². The summed E-state index contributed by atoms with van der Waals surface area (Å²) in [6, 6.07) is 18.9. The van der Waals surface area contributed by atoms with E-state index in [1.165, 1.54) is 40.7 Å². The first-order valence-electron chi connectivity index (χ1n) is 8.84. The molecule has 2 aliphatic heterocycles. The van der Waals surface area contributed by atoms with Crippen LogP contribution in [-0.4, -0.2) is 31.1 Å². The number of methoxy groups -OCH3 is 1. The number of benzene rings is 2. The molecule has 1 saturated heterocycles. The zero-order chi connectivity index (χ0) is 16.7. The lowest BCUT2D eigenvalue weighted by Crippen LogP contribution is -2.37. The molecule has 0 aliphatic carbocycles. The van der Waals surface area contributed by atoms with Gasteiger partial charge in [0.15, 0.2) is 0 Å². The highest BCUT2D eigenvalue weighted by Gasteiger charge is 2.39. The van der Waals surface area contributed by atoms with Gasteiger partial charge in [-0.3, -0.25) is 4.90 Å². The van der Waals surface area contributed by atoms with Gasteiger partial charge in [0, 0.05) is 12.1 Å². The van der Waals surface area contributed by atoms with Gasteiger partial charge in [0.05, 0.1) is 7.11 Å². The largest absolute Gasteiger partial charge is 0.497 e. The summed E-state index contributed by atoms with van der Waals surface area (Å²) < 4.78 is 5.34. The Hall–Kier alpha value is -2.06. The van der Waals surface area contributed by atoms with Gasteiger partial charge in [-0.1, -0.05) is 42.0 Å². The molecule has 0 aromatic heterocycles.